The lowest BCUT2D eigenvalue weighted by Crippen LogP contribution is -2.34. The number of hydrogen-bond acceptors (Lipinski definition) is 3. The van der Waals surface area contributed by atoms with Gasteiger partial charge in [-0.1, -0.05) is 32.0 Å². The van der Waals surface area contributed by atoms with E-state index >= 15 is 0 Å². The standard InChI is InChI=1S/C14H16N2O2/c1-9(2)13(14(17)18)16-12-7-8-15-11-6-4-3-5-10(11)12/h3-9,13H,1-2H3,(H,15,16)(H,17,18). The van der Waals surface area contributed by atoms with Crippen LogP contribution in [0.1, 0.15) is 13.8 Å². The predicted molar refractivity (Wildman–Crippen MR) is 71.6 cm³/mol. The van der Waals surface area contributed by atoms with Crippen molar-refractivity contribution in [2.45, 2.75) is 19.9 Å². The molecule has 1 aromatic carbocycles. The highest BCUT2D eigenvalue weighted by Gasteiger charge is 2.21. The van der Waals surface area contributed by atoms with Gasteiger partial charge < -0.3 is 10.4 Å². The van der Waals surface area contributed by atoms with Gasteiger partial charge in [0.25, 0.3) is 0 Å². The van der Waals surface area contributed by atoms with Gasteiger partial charge in [0.15, 0.2) is 0 Å². The minimum Gasteiger partial charge on any atom is -0.480 e. The number of aliphatic carboxylic acids is 1. The van der Waals surface area contributed by atoms with Gasteiger partial charge >= 0.3 is 5.97 Å². The topological polar surface area (TPSA) is 62.2 Å². The largest absolute Gasteiger partial charge is 0.480 e. The average Bonchev–Trinajstić information content (AvgIpc) is 2.35. The molecule has 18 heavy (non-hydrogen) atoms. The van der Waals surface area contributed by atoms with Crippen LogP contribution >= 0.6 is 0 Å². The van der Waals surface area contributed by atoms with Crippen LogP contribution in [-0.4, -0.2) is 22.1 Å². The molecule has 0 aliphatic heterocycles. The van der Waals surface area contributed by atoms with Crippen molar-refractivity contribution in [3.63, 3.8) is 0 Å². The Balaban J connectivity index is 2.39. The maximum Gasteiger partial charge on any atom is 0.326 e. The normalized spacial score (nSPS) is 12.6. The van der Waals surface area contributed by atoms with Gasteiger partial charge in [0.2, 0.25) is 0 Å². The van der Waals surface area contributed by atoms with Crippen molar-refractivity contribution in [2.75, 3.05) is 5.32 Å². The number of pyridine rings is 1. The Morgan fingerprint density at radius 1 is 1.28 bits per heavy atom. The molecule has 0 aliphatic rings. The molecule has 2 aromatic rings. The van der Waals surface area contributed by atoms with Crippen LogP contribution < -0.4 is 5.32 Å². The number of rotatable bonds is 4. The number of para-hydroxylation sites is 1. The van der Waals surface area contributed by atoms with Crippen molar-refractivity contribution in [3.05, 3.63) is 36.5 Å². The third-order valence-corrected chi connectivity index (χ3v) is 2.89. The summed E-state index contributed by atoms with van der Waals surface area (Å²) >= 11 is 0. The van der Waals surface area contributed by atoms with E-state index in [-0.39, 0.29) is 5.92 Å². The van der Waals surface area contributed by atoms with Gasteiger partial charge in [-0.3, -0.25) is 4.98 Å². The molecule has 0 amide bonds. The molecule has 1 aromatic heterocycles. The van der Waals surface area contributed by atoms with Gasteiger partial charge in [0, 0.05) is 17.3 Å². The Bertz CT molecular complexity index is 561. The summed E-state index contributed by atoms with van der Waals surface area (Å²) in [5.41, 5.74) is 1.66. The number of nitrogens with one attached hydrogen (secondary N) is 1. The number of hydrogen-bond donors (Lipinski definition) is 2. The number of nitrogens with zero attached hydrogens (tertiary/aromatic N) is 1. The van der Waals surface area contributed by atoms with Crippen LogP contribution in [0.3, 0.4) is 0 Å². The van der Waals surface area contributed by atoms with Crippen LogP contribution in [0.4, 0.5) is 5.69 Å². The van der Waals surface area contributed by atoms with E-state index in [4.69, 9.17) is 0 Å². The van der Waals surface area contributed by atoms with Crippen LogP contribution in [0.5, 0.6) is 0 Å². The van der Waals surface area contributed by atoms with Crippen LogP contribution in [0, 0.1) is 5.92 Å². The smallest absolute Gasteiger partial charge is 0.326 e. The molecule has 0 spiro atoms. The maximum atomic E-state index is 11.2. The van der Waals surface area contributed by atoms with Crippen molar-refractivity contribution in [3.8, 4) is 0 Å². The fourth-order valence-electron chi connectivity index (χ4n) is 1.90. The molecule has 0 saturated heterocycles. The van der Waals surface area contributed by atoms with E-state index in [1.165, 1.54) is 0 Å². The Morgan fingerprint density at radius 2 is 2.00 bits per heavy atom. The summed E-state index contributed by atoms with van der Waals surface area (Å²) in [6.07, 6.45) is 1.68. The van der Waals surface area contributed by atoms with Crippen molar-refractivity contribution in [1.82, 2.24) is 4.98 Å². The minimum absolute atomic E-state index is 0.00873. The average molecular weight is 244 g/mol. The molecule has 2 N–H and O–H groups in total. The molecular formula is C14H16N2O2. The van der Waals surface area contributed by atoms with Crippen LogP contribution in [0.15, 0.2) is 36.5 Å². The molecule has 0 bridgehead atoms. The summed E-state index contributed by atoms with van der Waals surface area (Å²) in [7, 11) is 0. The molecule has 0 saturated carbocycles. The quantitative estimate of drug-likeness (QED) is 0.868. The lowest BCUT2D eigenvalue weighted by molar-refractivity contribution is -0.138. The second-order valence-electron chi connectivity index (χ2n) is 4.58. The fraction of sp³-hybridized carbons (Fsp3) is 0.286. The highest BCUT2D eigenvalue weighted by Crippen LogP contribution is 2.23. The first-order valence-electron chi connectivity index (χ1n) is 5.92. The summed E-state index contributed by atoms with van der Waals surface area (Å²) in [6.45, 7) is 3.77. The third kappa shape index (κ3) is 2.42. The number of aromatic nitrogens is 1. The van der Waals surface area contributed by atoms with Gasteiger partial charge in [-0.25, -0.2) is 4.79 Å². The monoisotopic (exact) mass is 244 g/mol. The molecule has 4 nitrogen and oxygen atoms in total. The number of anilines is 1. The Morgan fingerprint density at radius 3 is 2.67 bits per heavy atom. The van der Waals surface area contributed by atoms with Crippen molar-refractivity contribution in [1.29, 1.82) is 0 Å². The van der Waals surface area contributed by atoms with Gasteiger partial charge in [-0.05, 0) is 18.1 Å². The lowest BCUT2D eigenvalue weighted by Gasteiger charge is -2.20. The first-order valence-corrected chi connectivity index (χ1v) is 5.92. The Labute approximate surface area is 106 Å². The van der Waals surface area contributed by atoms with E-state index in [2.05, 4.69) is 10.3 Å². The van der Waals surface area contributed by atoms with Crippen LogP contribution in [0.25, 0.3) is 10.9 Å². The Hall–Kier alpha value is -2.10. The summed E-state index contributed by atoms with van der Waals surface area (Å²) in [5.74, 6) is -0.833. The molecule has 1 atom stereocenters. The molecule has 0 aliphatic carbocycles. The van der Waals surface area contributed by atoms with Crippen LogP contribution in [-0.2, 0) is 4.79 Å². The zero-order valence-electron chi connectivity index (χ0n) is 10.4. The lowest BCUT2D eigenvalue weighted by atomic mass is 10.0. The summed E-state index contributed by atoms with van der Waals surface area (Å²) in [4.78, 5) is 15.5. The molecular weight excluding hydrogens is 228 g/mol. The van der Waals surface area contributed by atoms with E-state index < -0.39 is 12.0 Å². The SMILES string of the molecule is CC(C)C(Nc1ccnc2ccccc12)C(=O)O. The molecule has 1 heterocycles. The summed E-state index contributed by atoms with van der Waals surface area (Å²) < 4.78 is 0. The minimum atomic E-state index is -0.842. The highest BCUT2D eigenvalue weighted by atomic mass is 16.4. The number of carboxylic acids is 1. The first kappa shape index (κ1) is 12.4. The third-order valence-electron chi connectivity index (χ3n) is 2.89. The number of carboxylic acid groups (broad SMARTS) is 1. The van der Waals surface area contributed by atoms with Gasteiger partial charge in [-0.15, -0.1) is 0 Å². The Kier molecular flexibility index (Phi) is 3.46. The van der Waals surface area contributed by atoms with E-state index in [1.54, 1.807) is 12.3 Å². The van der Waals surface area contributed by atoms with E-state index in [9.17, 15) is 9.90 Å². The van der Waals surface area contributed by atoms with Crippen molar-refractivity contribution in [2.24, 2.45) is 5.92 Å². The first-order chi connectivity index (χ1) is 8.59. The van der Waals surface area contributed by atoms with E-state index in [0.717, 1.165) is 16.6 Å². The van der Waals surface area contributed by atoms with E-state index in [0.29, 0.717) is 0 Å². The van der Waals surface area contributed by atoms with Gasteiger partial charge in [0.05, 0.1) is 5.52 Å². The number of benzene rings is 1. The number of carbonyl (C=O) groups is 1. The van der Waals surface area contributed by atoms with E-state index in [1.807, 2.05) is 38.1 Å². The molecule has 1 unspecified atom stereocenters. The van der Waals surface area contributed by atoms with Crippen molar-refractivity contribution < 1.29 is 9.90 Å². The van der Waals surface area contributed by atoms with Crippen LogP contribution in [0.2, 0.25) is 0 Å². The molecule has 4 heteroatoms. The second kappa shape index (κ2) is 5.04. The zero-order chi connectivity index (χ0) is 13.1. The van der Waals surface area contributed by atoms with Gasteiger partial charge in [-0.2, -0.15) is 0 Å². The zero-order valence-corrected chi connectivity index (χ0v) is 10.4. The second-order valence-corrected chi connectivity index (χ2v) is 4.58. The molecule has 94 valence electrons. The highest BCUT2D eigenvalue weighted by molar-refractivity contribution is 5.92. The van der Waals surface area contributed by atoms with Crippen molar-refractivity contribution >= 4 is 22.6 Å². The number of fused-ring (bicyclic) bond motifs is 1. The summed E-state index contributed by atoms with van der Waals surface area (Å²) in [5, 5.41) is 13.2. The summed E-state index contributed by atoms with van der Waals surface area (Å²) in [6, 6.07) is 8.88. The predicted octanol–water partition coefficient (Wildman–Crippen LogP) is 2.76. The fourth-order valence-corrected chi connectivity index (χ4v) is 1.90. The molecule has 0 radical (unpaired) electrons. The molecule has 0 fully saturated rings. The maximum absolute atomic E-state index is 11.2. The molecule has 2 rings (SSSR count). The van der Waals surface area contributed by atoms with Gasteiger partial charge in [0.1, 0.15) is 6.04 Å².